The highest BCUT2D eigenvalue weighted by molar-refractivity contribution is 6.07. The minimum Gasteiger partial charge on any atom is -0.409 e. The predicted octanol–water partition coefficient (Wildman–Crippen LogP) is -0.259. The van der Waals surface area contributed by atoms with Gasteiger partial charge in [-0.25, -0.2) is 0 Å². The van der Waals surface area contributed by atoms with Gasteiger partial charge in [0.2, 0.25) is 5.91 Å². The Labute approximate surface area is 86.6 Å². The van der Waals surface area contributed by atoms with Crippen LogP contribution in [0.25, 0.3) is 0 Å². The largest absolute Gasteiger partial charge is 0.409 e. The van der Waals surface area contributed by atoms with Gasteiger partial charge in [0.05, 0.1) is 17.8 Å². The molecule has 1 aromatic rings. The number of nitrogens with zero attached hydrogens (tertiary/aromatic N) is 3. The van der Waals surface area contributed by atoms with Gasteiger partial charge in [0.25, 0.3) is 0 Å². The summed E-state index contributed by atoms with van der Waals surface area (Å²) in [5.74, 6) is -1.16. The molecule has 0 aliphatic heterocycles. The van der Waals surface area contributed by atoms with Crippen LogP contribution in [0.3, 0.4) is 0 Å². The van der Waals surface area contributed by atoms with E-state index < -0.39 is 5.92 Å². The standard InChI is InChI=1S/C8H13N5O2/c1-5(7(9)12-15)8(14)11-6-3-10-13(2)4-6/h3-5,15H,1-2H3,(H2,9,12)(H,11,14). The summed E-state index contributed by atoms with van der Waals surface area (Å²) in [7, 11) is 1.74. The number of nitrogens with one attached hydrogen (secondary N) is 1. The molecule has 1 amide bonds. The zero-order valence-corrected chi connectivity index (χ0v) is 8.51. The Morgan fingerprint density at radius 1 is 1.80 bits per heavy atom. The van der Waals surface area contributed by atoms with Crippen molar-refractivity contribution in [1.82, 2.24) is 9.78 Å². The molecule has 7 heteroatoms. The highest BCUT2D eigenvalue weighted by atomic mass is 16.4. The molecule has 0 spiro atoms. The molecule has 0 saturated carbocycles. The van der Waals surface area contributed by atoms with Crippen LogP contribution >= 0.6 is 0 Å². The van der Waals surface area contributed by atoms with Gasteiger partial charge in [0.15, 0.2) is 5.84 Å². The van der Waals surface area contributed by atoms with E-state index in [0.29, 0.717) is 5.69 Å². The molecule has 1 unspecified atom stereocenters. The Balaban J connectivity index is 2.64. The second-order valence-corrected chi connectivity index (χ2v) is 3.14. The van der Waals surface area contributed by atoms with E-state index in [4.69, 9.17) is 10.9 Å². The van der Waals surface area contributed by atoms with E-state index in [2.05, 4.69) is 15.6 Å². The van der Waals surface area contributed by atoms with Gasteiger partial charge in [-0.3, -0.25) is 9.48 Å². The number of carbonyl (C=O) groups excluding carboxylic acids is 1. The van der Waals surface area contributed by atoms with Crippen LogP contribution in [0.15, 0.2) is 17.5 Å². The fourth-order valence-electron chi connectivity index (χ4n) is 0.957. The number of hydrogen-bond acceptors (Lipinski definition) is 4. The van der Waals surface area contributed by atoms with Crippen molar-refractivity contribution >= 4 is 17.4 Å². The number of amides is 1. The summed E-state index contributed by atoms with van der Waals surface area (Å²) in [6.45, 7) is 1.54. The molecule has 82 valence electrons. The van der Waals surface area contributed by atoms with Crippen LogP contribution in [-0.4, -0.2) is 26.7 Å². The van der Waals surface area contributed by atoms with E-state index in [1.807, 2.05) is 0 Å². The summed E-state index contributed by atoms with van der Waals surface area (Å²) >= 11 is 0. The van der Waals surface area contributed by atoms with E-state index in [1.165, 1.54) is 6.20 Å². The number of aryl methyl sites for hydroxylation is 1. The maximum atomic E-state index is 11.5. The van der Waals surface area contributed by atoms with Crippen LogP contribution in [0.4, 0.5) is 5.69 Å². The van der Waals surface area contributed by atoms with Crippen LogP contribution in [0.1, 0.15) is 6.92 Å². The van der Waals surface area contributed by atoms with Crippen molar-refractivity contribution < 1.29 is 10.0 Å². The molecule has 15 heavy (non-hydrogen) atoms. The molecule has 7 nitrogen and oxygen atoms in total. The molecule has 0 fully saturated rings. The third-order valence-electron chi connectivity index (χ3n) is 1.92. The number of amidine groups is 1. The zero-order chi connectivity index (χ0) is 11.4. The van der Waals surface area contributed by atoms with Crippen LogP contribution in [0.2, 0.25) is 0 Å². The first-order chi connectivity index (χ1) is 7.04. The van der Waals surface area contributed by atoms with Crippen molar-refractivity contribution in [3.05, 3.63) is 12.4 Å². The smallest absolute Gasteiger partial charge is 0.235 e. The van der Waals surface area contributed by atoms with Crippen molar-refractivity contribution in [2.75, 3.05) is 5.32 Å². The summed E-state index contributed by atoms with van der Waals surface area (Å²) in [5.41, 5.74) is 5.86. The minimum absolute atomic E-state index is 0.128. The van der Waals surface area contributed by atoms with Crippen molar-refractivity contribution in [1.29, 1.82) is 0 Å². The van der Waals surface area contributed by atoms with E-state index >= 15 is 0 Å². The van der Waals surface area contributed by atoms with Crippen molar-refractivity contribution in [2.24, 2.45) is 23.9 Å². The van der Waals surface area contributed by atoms with Crippen molar-refractivity contribution in [2.45, 2.75) is 6.92 Å². The van der Waals surface area contributed by atoms with Gasteiger partial charge in [-0.05, 0) is 6.92 Å². The van der Waals surface area contributed by atoms with Crippen LogP contribution in [0, 0.1) is 5.92 Å². The molecule has 1 aromatic heterocycles. The number of oxime groups is 1. The van der Waals surface area contributed by atoms with Gasteiger partial charge in [-0.2, -0.15) is 5.10 Å². The first kappa shape index (κ1) is 11.0. The summed E-state index contributed by atoms with van der Waals surface area (Å²) in [6.07, 6.45) is 3.16. The molecule has 0 saturated heterocycles. The lowest BCUT2D eigenvalue weighted by Crippen LogP contribution is -2.32. The van der Waals surface area contributed by atoms with Gasteiger partial charge in [-0.1, -0.05) is 5.16 Å². The molecule has 0 aliphatic carbocycles. The SMILES string of the molecule is CC(C(=O)Nc1cnn(C)c1)C(N)=NO. The second-order valence-electron chi connectivity index (χ2n) is 3.14. The average Bonchev–Trinajstić information content (AvgIpc) is 2.61. The molecular weight excluding hydrogens is 198 g/mol. The van der Waals surface area contributed by atoms with E-state index in [0.717, 1.165) is 0 Å². The summed E-state index contributed by atoms with van der Waals surface area (Å²) in [6, 6.07) is 0. The molecule has 1 rings (SSSR count). The van der Waals surface area contributed by atoms with Crippen molar-refractivity contribution in [3.8, 4) is 0 Å². The molecule has 0 radical (unpaired) electrons. The monoisotopic (exact) mass is 211 g/mol. The zero-order valence-electron chi connectivity index (χ0n) is 8.51. The van der Waals surface area contributed by atoms with Gasteiger partial charge >= 0.3 is 0 Å². The normalized spacial score (nSPS) is 13.6. The lowest BCUT2D eigenvalue weighted by molar-refractivity contribution is -0.117. The number of carbonyl (C=O) groups is 1. The number of anilines is 1. The highest BCUT2D eigenvalue weighted by Gasteiger charge is 2.17. The topological polar surface area (TPSA) is 106 Å². The van der Waals surface area contributed by atoms with E-state index in [-0.39, 0.29) is 11.7 Å². The quantitative estimate of drug-likeness (QED) is 0.277. The average molecular weight is 211 g/mol. The van der Waals surface area contributed by atoms with E-state index in [1.54, 1.807) is 24.9 Å². The lowest BCUT2D eigenvalue weighted by Gasteiger charge is -2.08. The van der Waals surface area contributed by atoms with Gasteiger partial charge in [0.1, 0.15) is 0 Å². The fraction of sp³-hybridized carbons (Fsp3) is 0.375. The third kappa shape index (κ3) is 2.70. The Hall–Kier alpha value is -2.05. The highest BCUT2D eigenvalue weighted by Crippen LogP contribution is 2.06. The maximum absolute atomic E-state index is 11.5. The maximum Gasteiger partial charge on any atom is 0.235 e. The first-order valence-corrected chi connectivity index (χ1v) is 4.31. The van der Waals surface area contributed by atoms with Gasteiger partial charge in [0, 0.05) is 13.2 Å². The fourth-order valence-corrected chi connectivity index (χ4v) is 0.957. The van der Waals surface area contributed by atoms with Crippen LogP contribution < -0.4 is 11.1 Å². The minimum atomic E-state index is -0.685. The Morgan fingerprint density at radius 3 is 2.93 bits per heavy atom. The molecule has 4 N–H and O–H groups in total. The number of nitrogens with two attached hydrogens (primary N) is 1. The number of rotatable bonds is 3. The summed E-state index contributed by atoms with van der Waals surface area (Å²) in [4.78, 5) is 11.5. The first-order valence-electron chi connectivity index (χ1n) is 4.31. The Morgan fingerprint density at radius 2 is 2.47 bits per heavy atom. The summed E-state index contributed by atoms with van der Waals surface area (Å²) in [5, 5.41) is 17.6. The van der Waals surface area contributed by atoms with Crippen molar-refractivity contribution in [3.63, 3.8) is 0 Å². The molecule has 1 atom stereocenters. The van der Waals surface area contributed by atoms with Crippen LogP contribution in [0.5, 0.6) is 0 Å². The third-order valence-corrected chi connectivity index (χ3v) is 1.92. The number of hydrogen-bond donors (Lipinski definition) is 3. The second kappa shape index (κ2) is 4.45. The van der Waals surface area contributed by atoms with E-state index in [9.17, 15) is 4.79 Å². The molecular formula is C8H13N5O2. The van der Waals surface area contributed by atoms with Crippen LogP contribution in [-0.2, 0) is 11.8 Å². The predicted molar refractivity (Wildman–Crippen MR) is 54.4 cm³/mol. The molecule has 0 aliphatic rings. The molecule has 0 aromatic carbocycles. The Kier molecular flexibility index (Phi) is 3.27. The molecule has 0 bridgehead atoms. The summed E-state index contributed by atoms with van der Waals surface area (Å²) < 4.78 is 1.56. The number of aromatic nitrogens is 2. The lowest BCUT2D eigenvalue weighted by atomic mass is 10.1. The molecule has 1 heterocycles. The Bertz CT molecular complexity index is 384. The van der Waals surface area contributed by atoms with Gasteiger partial charge in [-0.15, -0.1) is 0 Å². The van der Waals surface area contributed by atoms with Gasteiger partial charge < -0.3 is 16.3 Å².